The molecule has 1 atom stereocenters. The Morgan fingerprint density at radius 3 is 2.10 bits per heavy atom. The van der Waals surface area contributed by atoms with Crippen LogP contribution in [0.3, 0.4) is 0 Å². The molecule has 0 radical (unpaired) electrons. The summed E-state index contributed by atoms with van der Waals surface area (Å²) in [6, 6.07) is 24.1. The van der Waals surface area contributed by atoms with Crippen molar-refractivity contribution in [1.29, 1.82) is 0 Å². The minimum atomic E-state index is -0.203. The lowest BCUT2D eigenvalue weighted by atomic mass is 10.1. The first kappa shape index (κ1) is 20.4. The second-order valence-electron chi connectivity index (χ2n) is 7.89. The lowest BCUT2D eigenvalue weighted by molar-refractivity contribution is -0.122. The number of carbonyl (C=O) groups is 1. The number of rotatable bonds is 3. The van der Waals surface area contributed by atoms with E-state index in [0.29, 0.717) is 0 Å². The molecule has 2 aliphatic rings. The van der Waals surface area contributed by atoms with Gasteiger partial charge in [-0.3, -0.25) is 14.6 Å². The van der Waals surface area contributed by atoms with Gasteiger partial charge in [-0.05, 0) is 49.4 Å². The number of benzene rings is 3. The SMILES string of the molecule is C[C@@H](C(=O)N1c2ccccc2Sc2ccccc21)N1CCN(c2cccc(Cl)c2)CC1. The first-order valence-corrected chi connectivity index (χ1v) is 11.8. The Hall–Kier alpha value is -2.47. The molecule has 6 heteroatoms. The molecule has 158 valence electrons. The van der Waals surface area contributed by atoms with Crippen molar-refractivity contribution in [1.82, 2.24) is 4.90 Å². The normalized spacial score (nSPS) is 17.1. The molecular weight excluding hydrogens is 426 g/mol. The molecule has 5 rings (SSSR count). The summed E-state index contributed by atoms with van der Waals surface area (Å²) in [5, 5.41) is 0.753. The van der Waals surface area contributed by atoms with Crippen LogP contribution in [0.2, 0.25) is 5.02 Å². The van der Waals surface area contributed by atoms with Crippen LogP contribution < -0.4 is 9.80 Å². The summed E-state index contributed by atoms with van der Waals surface area (Å²) in [5.74, 6) is 0.122. The van der Waals surface area contributed by atoms with Gasteiger partial charge in [-0.25, -0.2) is 0 Å². The van der Waals surface area contributed by atoms with E-state index < -0.39 is 0 Å². The molecule has 0 unspecified atom stereocenters. The van der Waals surface area contributed by atoms with Crippen LogP contribution in [0, 0.1) is 0 Å². The fourth-order valence-electron chi connectivity index (χ4n) is 4.33. The fourth-order valence-corrected chi connectivity index (χ4v) is 5.57. The summed E-state index contributed by atoms with van der Waals surface area (Å²) in [6.07, 6.45) is 0. The number of fused-ring (bicyclic) bond motifs is 2. The van der Waals surface area contributed by atoms with E-state index in [1.54, 1.807) is 11.8 Å². The Morgan fingerprint density at radius 1 is 0.871 bits per heavy atom. The van der Waals surface area contributed by atoms with Crippen molar-refractivity contribution in [2.45, 2.75) is 22.8 Å². The molecule has 2 aliphatic heterocycles. The number of hydrogen-bond donors (Lipinski definition) is 0. The van der Waals surface area contributed by atoms with Gasteiger partial charge in [0.05, 0.1) is 17.4 Å². The molecule has 31 heavy (non-hydrogen) atoms. The Labute approximate surface area is 192 Å². The van der Waals surface area contributed by atoms with Crippen LogP contribution in [0.25, 0.3) is 0 Å². The topological polar surface area (TPSA) is 26.8 Å². The zero-order valence-electron chi connectivity index (χ0n) is 17.4. The molecule has 0 aromatic heterocycles. The number of nitrogens with zero attached hydrogens (tertiary/aromatic N) is 3. The molecule has 0 spiro atoms. The van der Waals surface area contributed by atoms with Crippen molar-refractivity contribution in [2.75, 3.05) is 36.0 Å². The Kier molecular flexibility index (Phi) is 5.65. The lowest BCUT2D eigenvalue weighted by Crippen LogP contribution is -2.54. The number of piperazine rings is 1. The smallest absolute Gasteiger partial charge is 0.248 e. The van der Waals surface area contributed by atoms with E-state index in [1.807, 2.05) is 66.4 Å². The van der Waals surface area contributed by atoms with Crippen molar-refractivity contribution < 1.29 is 4.79 Å². The van der Waals surface area contributed by atoms with Crippen molar-refractivity contribution in [2.24, 2.45) is 0 Å². The molecule has 0 saturated carbocycles. The van der Waals surface area contributed by atoms with Crippen LogP contribution in [0.15, 0.2) is 82.6 Å². The zero-order chi connectivity index (χ0) is 21.4. The van der Waals surface area contributed by atoms with Gasteiger partial charge in [-0.15, -0.1) is 0 Å². The van der Waals surface area contributed by atoms with E-state index in [1.165, 1.54) is 0 Å². The van der Waals surface area contributed by atoms with Gasteiger partial charge < -0.3 is 4.90 Å². The Morgan fingerprint density at radius 2 is 1.48 bits per heavy atom. The van der Waals surface area contributed by atoms with E-state index in [-0.39, 0.29) is 11.9 Å². The van der Waals surface area contributed by atoms with Crippen LogP contribution in [-0.4, -0.2) is 43.0 Å². The van der Waals surface area contributed by atoms with Gasteiger partial charge in [0.1, 0.15) is 0 Å². The summed E-state index contributed by atoms with van der Waals surface area (Å²) >= 11 is 7.89. The van der Waals surface area contributed by atoms with Gasteiger partial charge in [0.15, 0.2) is 0 Å². The molecule has 0 bridgehead atoms. The molecule has 4 nitrogen and oxygen atoms in total. The highest BCUT2D eigenvalue weighted by Crippen LogP contribution is 2.48. The molecule has 0 aliphatic carbocycles. The maximum atomic E-state index is 13.8. The third-order valence-electron chi connectivity index (χ3n) is 6.05. The van der Waals surface area contributed by atoms with E-state index in [2.05, 4.69) is 28.0 Å². The van der Waals surface area contributed by atoms with Crippen LogP contribution in [-0.2, 0) is 4.79 Å². The van der Waals surface area contributed by atoms with Crippen molar-refractivity contribution in [3.8, 4) is 0 Å². The second kappa shape index (κ2) is 8.58. The largest absolute Gasteiger partial charge is 0.369 e. The van der Waals surface area contributed by atoms with Gasteiger partial charge in [0, 0.05) is 46.7 Å². The predicted octanol–water partition coefficient (Wildman–Crippen LogP) is 5.68. The quantitative estimate of drug-likeness (QED) is 0.514. The number of carbonyl (C=O) groups excluding carboxylic acids is 1. The monoisotopic (exact) mass is 449 g/mol. The average molecular weight is 450 g/mol. The molecular formula is C25H24ClN3OS. The second-order valence-corrected chi connectivity index (χ2v) is 9.41. The third kappa shape index (κ3) is 3.93. The first-order valence-electron chi connectivity index (χ1n) is 10.6. The standard InChI is InChI=1S/C25H24ClN3OS/c1-18(27-13-15-28(16-14-27)20-8-6-7-19(26)17-20)25(30)29-21-9-2-4-11-23(21)31-24-12-5-3-10-22(24)29/h2-12,17-18H,13-16H2,1H3/t18-/m0/s1. The van der Waals surface area contributed by atoms with E-state index in [0.717, 1.165) is 58.1 Å². The summed E-state index contributed by atoms with van der Waals surface area (Å²) < 4.78 is 0. The minimum absolute atomic E-state index is 0.122. The average Bonchev–Trinajstić information content (AvgIpc) is 2.81. The Balaban J connectivity index is 1.35. The summed E-state index contributed by atoms with van der Waals surface area (Å²) in [7, 11) is 0. The molecule has 0 N–H and O–H groups in total. The van der Waals surface area contributed by atoms with Crippen molar-refractivity contribution in [3.05, 3.63) is 77.8 Å². The highest BCUT2D eigenvalue weighted by Gasteiger charge is 2.34. The molecule has 1 fully saturated rings. The summed E-state index contributed by atoms with van der Waals surface area (Å²) in [5.41, 5.74) is 3.09. The molecule has 3 aromatic rings. The first-order chi connectivity index (χ1) is 15.1. The number of amides is 1. The molecule has 1 saturated heterocycles. The number of anilines is 3. The summed E-state index contributed by atoms with van der Waals surface area (Å²) in [4.78, 5) is 22.5. The van der Waals surface area contributed by atoms with E-state index in [9.17, 15) is 4.79 Å². The third-order valence-corrected chi connectivity index (χ3v) is 7.41. The molecule has 3 aromatic carbocycles. The maximum Gasteiger partial charge on any atom is 0.248 e. The Bertz CT molecular complexity index is 1070. The van der Waals surface area contributed by atoms with Crippen LogP contribution >= 0.6 is 23.4 Å². The number of para-hydroxylation sites is 2. The highest BCUT2D eigenvalue weighted by molar-refractivity contribution is 7.99. The zero-order valence-corrected chi connectivity index (χ0v) is 18.9. The van der Waals surface area contributed by atoms with Crippen molar-refractivity contribution in [3.63, 3.8) is 0 Å². The predicted molar refractivity (Wildman–Crippen MR) is 129 cm³/mol. The van der Waals surface area contributed by atoms with Crippen molar-refractivity contribution >= 4 is 46.3 Å². The fraction of sp³-hybridized carbons (Fsp3) is 0.240. The van der Waals surface area contributed by atoms with E-state index in [4.69, 9.17) is 11.6 Å². The summed E-state index contributed by atoms with van der Waals surface area (Å²) in [6.45, 7) is 5.46. The van der Waals surface area contributed by atoms with Gasteiger partial charge in [-0.2, -0.15) is 0 Å². The van der Waals surface area contributed by atoms with Gasteiger partial charge in [-0.1, -0.05) is 53.7 Å². The molecule has 2 heterocycles. The highest BCUT2D eigenvalue weighted by atomic mass is 35.5. The lowest BCUT2D eigenvalue weighted by Gasteiger charge is -2.40. The van der Waals surface area contributed by atoms with Gasteiger partial charge >= 0.3 is 0 Å². The van der Waals surface area contributed by atoms with Crippen LogP contribution in [0.5, 0.6) is 0 Å². The minimum Gasteiger partial charge on any atom is -0.369 e. The number of hydrogen-bond acceptors (Lipinski definition) is 4. The van der Waals surface area contributed by atoms with Crippen LogP contribution in [0.4, 0.5) is 17.1 Å². The van der Waals surface area contributed by atoms with E-state index >= 15 is 0 Å². The molecule has 1 amide bonds. The maximum absolute atomic E-state index is 13.8. The van der Waals surface area contributed by atoms with Crippen LogP contribution in [0.1, 0.15) is 6.92 Å². The van der Waals surface area contributed by atoms with Gasteiger partial charge in [0.2, 0.25) is 5.91 Å². The number of halogens is 1. The van der Waals surface area contributed by atoms with Gasteiger partial charge in [0.25, 0.3) is 0 Å².